The van der Waals surface area contributed by atoms with Crippen molar-refractivity contribution in [1.29, 1.82) is 5.26 Å². The highest BCUT2D eigenvalue weighted by molar-refractivity contribution is 5.95. The van der Waals surface area contributed by atoms with Crippen molar-refractivity contribution in [3.63, 3.8) is 0 Å². The minimum absolute atomic E-state index is 0.643. The van der Waals surface area contributed by atoms with Crippen LogP contribution in [0, 0.1) is 11.3 Å². The van der Waals surface area contributed by atoms with Crippen molar-refractivity contribution in [2.75, 3.05) is 44.7 Å². The van der Waals surface area contributed by atoms with Gasteiger partial charge in [-0.2, -0.15) is 5.26 Å². The average molecular weight is 337 g/mol. The third-order valence-corrected chi connectivity index (χ3v) is 4.88. The highest BCUT2D eigenvalue weighted by Crippen LogP contribution is 2.30. The molecule has 0 radical (unpaired) electrons. The smallest absolute Gasteiger partial charge is 0.120 e. The fourth-order valence-corrected chi connectivity index (χ4v) is 3.32. The zero-order valence-electron chi connectivity index (χ0n) is 15.1. The van der Waals surface area contributed by atoms with Crippen LogP contribution in [-0.4, -0.2) is 44.7 Å². The SMILES string of the molecule is CN1CCN(c2cccc3ccc(OCCCCCC#N)cc23)CC1. The molecule has 0 N–H and O–H groups in total. The normalized spacial score (nSPS) is 15.3. The molecule has 0 spiro atoms. The summed E-state index contributed by atoms with van der Waals surface area (Å²) in [4.78, 5) is 4.86. The summed E-state index contributed by atoms with van der Waals surface area (Å²) in [5.74, 6) is 0.939. The minimum atomic E-state index is 0.643. The first kappa shape index (κ1) is 17.6. The van der Waals surface area contributed by atoms with E-state index in [4.69, 9.17) is 10.00 Å². The molecule has 1 fully saturated rings. The van der Waals surface area contributed by atoms with E-state index < -0.39 is 0 Å². The molecule has 0 bridgehead atoms. The van der Waals surface area contributed by atoms with Gasteiger partial charge in [-0.1, -0.05) is 18.2 Å². The van der Waals surface area contributed by atoms with Crippen LogP contribution in [0.1, 0.15) is 25.7 Å². The summed E-state index contributed by atoms with van der Waals surface area (Å²) < 4.78 is 5.94. The van der Waals surface area contributed by atoms with Gasteiger partial charge in [-0.05, 0) is 49.9 Å². The fraction of sp³-hybridized carbons (Fsp3) is 0.476. The van der Waals surface area contributed by atoms with Crippen LogP contribution in [0.15, 0.2) is 36.4 Å². The van der Waals surface area contributed by atoms with Crippen molar-refractivity contribution in [3.8, 4) is 11.8 Å². The second-order valence-corrected chi connectivity index (χ2v) is 6.77. The molecule has 2 aromatic rings. The van der Waals surface area contributed by atoms with Gasteiger partial charge in [0.05, 0.1) is 12.7 Å². The number of hydrogen-bond donors (Lipinski definition) is 0. The Morgan fingerprint density at radius 1 is 1.04 bits per heavy atom. The fourth-order valence-electron chi connectivity index (χ4n) is 3.32. The average Bonchev–Trinajstić information content (AvgIpc) is 2.65. The molecule has 0 unspecified atom stereocenters. The molecule has 4 heteroatoms. The molecular weight excluding hydrogens is 310 g/mol. The molecule has 0 atom stereocenters. The monoisotopic (exact) mass is 337 g/mol. The van der Waals surface area contributed by atoms with Crippen molar-refractivity contribution >= 4 is 16.5 Å². The number of nitrogens with zero attached hydrogens (tertiary/aromatic N) is 3. The van der Waals surface area contributed by atoms with E-state index in [0.29, 0.717) is 13.0 Å². The molecule has 1 heterocycles. The summed E-state index contributed by atoms with van der Waals surface area (Å²) in [7, 11) is 2.18. The van der Waals surface area contributed by atoms with Gasteiger partial charge in [0.2, 0.25) is 0 Å². The maximum Gasteiger partial charge on any atom is 0.120 e. The zero-order valence-corrected chi connectivity index (χ0v) is 15.1. The van der Waals surface area contributed by atoms with Crippen molar-refractivity contribution in [2.24, 2.45) is 0 Å². The molecule has 3 rings (SSSR count). The van der Waals surface area contributed by atoms with E-state index >= 15 is 0 Å². The van der Waals surface area contributed by atoms with Crippen molar-refractivity contribution in [3.05, 3.63) is 36.4 Å². The van der Waals surface area contributed by atoms with Crippen LogP contribution in [0.4, 0.5) is 5.69 Å². The number of unbranched alkanes of at least 4 members (excludes halogenated alkanes) is 3. The Balaban J connectivity index is 1.68. The molecular formula is C21H27N3O. The van der Waals surface area contributed by atoms with Gasteiger partial charge in [0.1, 0.15) is 5.75 Å². The van der Waals surface area contributed by atoms with E-state index in [1.165, 1.54) is 16.5 Å². The number of fused-ring (bicyclic) bond motifs is 1. The number of piperazine rings is 1. The number of nitriles is 1. The van der Waals surface area contributed by atoms with E-state index in [0.717, 1.165) is 51.2 Å². The lowest BCUT2D eigenvalue weighted by atomic mass is 10.1. The zero-order chi connectivity index (χ0) is 17.5. The summed E-state index contributed by atoms with van der Waals surface area (Å²) in [6.07, 6.45) is 3.66. The molecule has 1 aliphatic heterocycles. The quantitative estimate of drug-likeness (QED) is 0.715. The molecule has 25 heavy (non-hydrogen) atoms. The van der Waals surface area contributed by atoms with E-state index in [9.17, 15) is 0 Å². The Bertz CT molecular complexity index is 729. The van der Waals surface area contributed by atoms with Gasteiger partial charge in [-0.15, -0.1) is 0 Å². The molecule has 0 saturated carbocycles. The summed E-state index contributed by atoms with van der Waals surface area (Å²) in [6.45, 7) is 5.07. The van der Waals surface area contributed by atoms with Crippen LogP contribution in [-0.2, 0) is 0 Å². The first-order valence-electron chi connectivity index (χ1n) is 9.24. The van der Waals surface area contributed by atoms with Crippen molar-refractivity contribution in [1.82, 2.24) is 4.90 Å². The van der Waals surface area contributed by atoms with Crippen molar-refractivity contribution < 1.29 is 4.74 Å². The first-order valence-corrected chi connectivity index (χ1v) is 9.24. The summed E-state index contributed by atoms with van der Waals surface area (Å²) >= 11 is 0. The number of likely N-dealkylation sites (N-methyl/N-ethyl adjacent to an activating group) is 1. The minimum Gasteiger partial charge on any atom is -0.494 e. The van der Waals surface area contributed by atoms with Crippen LogP contribution in [0.3, 0.4) is 0 Å². The highest BCUT2D eigenvalue weighted by atomic mass is 16.5. The number of ether oxygens (including phenoxy) is 1. The Morgan fingerprint density at radius 3 is 2.68 bits per heavy atom. The van der Waals surface area contributed by atoms with Crippen LogP contribution < -0.4 is 9.64 Å². The van der Waals surface area contributed by atoms with Gasteiger partial charge in [0, 0.05) is 43.7 Å². The molecule has 1 aliphatic rings. The van der Waals surface area contributed by atoms with Crippen LogP contribution in [0.5, 0.6) is 5.75 Å². The van der Waals surface area contributed by atoms with Gasteiger partial charge in [-0.25, -0.2) is 0 Å². The third-order valence-electron chi connectivity index (χ3n) is 4.88. The first-order chi connectivity index (χ1) is 12.3. The Kier molecular flexibility index (Phi) is 6.14. The van der Waals surface area contributed by atoms with Crippen molar-refractivity contribution in [2.45, 2.75) is 25.7 Å². The third kappa shape index (κ3) is 4.64. The largest absolute Gasteiger partial charge is 0.494 e. The van der Waals surface area contributed by atoms with E-state index in [1.54, 1.807) is 0 Å². The highest BCUT2D eigenvalue weighted by Gasteiger charge is 2.16. The van der Waals surface area contributed by atoms with Gasteiger partial charge in [0.15, 0.2) is 0 Å². The molecule has 0 amide bonds. The number of hydrogen-bond acceptors (Lipinski definition) is 4. The lowest BCUT2D eigenvalue weighted by molar-refractivity contribution is 0.306. The lowest BCUT2D eigenvalue weighted by Gasteiger charge is -2.34. The standard InChI is InChI=1S/C21H27N3O/c1-23-12-14-24(15-13-23)21-8-6-7-18-9-10-19(17-20(18)21)25-16-5-3-2-4-11-22/h6-10,17H,2-5,12-16H2,1H3. The Morgan fingerprint density at radius 2 is 1.88 bits per heavy atom. The summed E-state index contributed by atoms with van der Waals surface area (Å²) in [5.41, 5.74) is 1.31. The van der Waals surface area contributed by atoms with Gasteiger partial charge in [0.25, 0.3) is 0 Å². The summed E-state index contributed by atoms with van der Waals surface area (Å²) in [6, 6.07) is 15.1. The van der Waals surface area contributed by atoms with E-state index in [2.05, 4.69) is 59.3 Å². The number of rotatable bonds is 7. The second kappa shape index (κ2) is 8.73. The Hall–Kier alpha value is -2.25. The number of anilines is 1. The van der Waals surface area contributed by atoms with Crippen LogP contribution in [0.2, 0.25) is 0 Å². The maximum absolute atomic E-state index is 8.56. The van der Waals surface area contributed by atoms with Gasteiger partial charge in [-0.3, -0.25) is 0 Å². The lowest BCUT2D eigenvalue weighted by Crippen LogP contribution is -2.44. The second-order valence-electron chi connectivity index (χ2n) is 6.77. The topological polar surface area (TPSA) is 39.5 Å². The van der Waals surface area contributed by atoms with E-state index in [1.807, 2.05) is 0 Å². The van der Waals surface area contributed by atoms with E-state index in [-0.39, 0.29) is 0 Å². The number of benzene rings is 2. The predicted octanol–water partition coefficient (Wildman–Crippen LogP) is 4.05. The van der Waals surface area contributed by atoms with Crippen LogP contribution >= 0.6 is 0 Å². The molecule has 0 aliphatic carbocycles. The van der Waals surface area contributed by atoms with Crippen LogP contribution in [0.25, 0.3) is 10.8 Å². The molecule has 4 nitrogen and oxygen atoms in total. The van der Waals surface area contributed by atoms with Gasteiger partial charge >= 0.3 is 0 Å². The summed E-state index contributed by atoms with van der Waals surface area (Å²) in [5, 5.41) is 11.1. The molecule has 1 saturated heterocycles. The molecule has 132 valence electrons. The molecule has 2 aromatic carbocycles. The predicted molar refractivity (Wildman–Crippen MR) is 103 cm³/mol. The molecule has 0 aromatic heterocycles. The maximum atomic E-state index is 8.56. The van der Waals surface area contributed by atoms with Gasteiger partial charge < -0.3 is 14.5 Å². The Labute approximate surface area is 150 Å².